The third-order valence-corrected chi connectivity index (χ3v) is 4.11. The van der Waals surface area contributed by atoms with Crippen molar-refractivity contribution in [3.8, 4) is 0 Å². The SMILES string of the molecule is Cc1cc(C(=N)N)ccc1CN1CC(C)C(C)C1. The Morgan fingerprint density at radius 3 is 2.44 bits per heavy atom. The Morgan fingerprint density at radius 1 is 1.33 bits per heavy atom. The molecule has 0 aromatic heterocycles. The third-order valence-electron chi connectivity index (χ3n) is 4.11. The van der Waals surface area contributed by atoms with Crippen LogP contribution < -0.4 is 5.73 Å². The van der Waals surface area contributed by atoms with Gasteiger partial charge < -0.3 is 5.73 Å². The minimum absolute atomic E-state index is 0.146. The Balaban J connectivity index is 2.08. The first-order chi connectivity index (χ1) is 8.47. The van der Waals surface area contributed by atoms with Crippen molar-refractivity contribution in [2.75, 3.05) is 13.1 Å². The summed E-state index contributed by atoms with van der Waals surface area (Å²) in [6, 6.07) is 6.08. The number of hydrogen-bond acceptors (Lipinski definition) is 2. The number of benzene rings is 1. The van der Waals surface area contributed by atoms with Crippen molar-refractivity contribution >= 4 is 5.84 Å². The van der Waals surface area contributed by atoms with E-state index in [1.165, 1.54) is 24.2 Å². The molecule has 2 unspecified atom stereocenters. The molecule has 0 bridgehead atoms. The molecular formula is C15H23N3. The van der Waals surface area contributed by atoms with E-state index in [9.17, 15) is 0 Å². The van der Waals surface area contributed by atoms with Crippen LogP contribution in [-0.2, 0) is 6.54 Å². The summed E-state index contributed by atoms with van der Waals surface area (Å²) in [7, 11) is 0. The summed E-state index contributed by atoms with van der Waals surface area (Å²) in [5.74, 6) is 1.73. The van der Waals surface area contributed by atoms with Crippen LogP contribution in [0.25, 0.3) is 0 Å². The lowest BCUT2D eigenvalue weighted by molar-refractivity contribution is 0.315. The van der Waals surface area contributed by atoms with Gasteiger partial charge in [-0.1, -0.05) is 26.0 Å². The maximum absolute atomic E-state index is 7.45. The van der Waals surface area contributed by atoms with Crippen molar-refractivity contribution in [2.24, 2.45) is 17.6 Å². The molecule has 0 aliphatic carbocycles. The number of amidine groups is 1. The lowest BCUT2D eigenvalue weighted by atomic mass is 10.0. The lowest BCUT2D eigenvalue weighted by Gasteiger charge is -2.17. The number of nitrogen functional groups attached to an aromatic ring is 1. The predicted molar refractivity (Wildman–Crippen MR) is 75.8 cm³/mol. The number of rotatable bonds is 3. The zero-order valence-electron chi connectivity index (χ0n) is 11.5. The molecule has 1 saturated heterocycles. The molecule has 3 N–H and O–H groups in total. The van der Waals surface area contributed by atoms with Gasteiger partial charge in [-0.05, 0) is 36.0 Å². The Kier molecular flexibility index (Phi) is 3.71. The topological polar surface area (TPSA) is 53.1 Å². The van der Waals surface area contributed by atoms with Crippen LogP contribution in [0.1, 0.15) is 30.5 Å². The molecule has 3 heteroatoms. The zero-order chi connectivity index (χ0) is 13.3. The standard InChI is InChI=1S/C15H23N3/c1-10-6-13(15(16)17)4-5-14(10)9-18-7-11(2)12(3)8-18/h4-6,11-12H,7-9H2,1-3H3,(H3,16,17). The van der Waals surface area contributed by atoms with Crippen LogP contribution in [-0.4, -0.2) is 23.8 Å². The number of nitrogens with two attached hydrogens (primary N) is 1. The second-order valence-electron chi connectivity index (χ2n) is 5.70. The summed E-state index contributed by atoms with van der Waals surface area (Å²) < 4.78 is 0. The third kappa shape index (κ3) is 2.72. The van der Waals surface area contributed by atoms with Crippen LogP contribution in [0.15, 0.2) is 18.2 Å². The van der Waals surface area contributed by atoms with Gasteiger partial charge in [-0.2, -0.15) is 0 Å². The largest absolute Gasteiger partial charge is 0.384 e. The summed E-state index contributed by atoms with van der Waals surface area (Å²) in [6.07, 6.45) is 0. The molecule has 3 nitrogen and oxygen atoms in total. The average Bonchev–Trinajstić information content (AvgIpc) is 2.61. The van der Waals surface area contributed by atoms with E-state index in [0.717, 1.165) is 23.9 Å². The van der Waals surface area contributed by atoms with E-state index in [4.69, 9.17) is 11.1 Å². The Bertz CT molecular complexity index is 443. The van der Waals surface area contributed by atoms with E-state index in [1.807, 2.05) is 12.1 Å². The van der Waals surface area contributed by atoms with Gasteiger partial charge in [0.15, 0.2) is 0 Å². The Hall–Kier alpha value is -1.35. The highest BCUT2D eigenvalue weighted by Crippen LogP contribution is 2.24. The fraction of sp³-hybridized carbons (Fsp3) is 0.533. The minimum Gasteiger partial charge on any atom is -0.384 e. The first-order valence-electron chi connectivity index (χ1n) is 6.63. The Labute approximate surface area is 109 Å². The smallest absolute Gasteiger partial charge is 0.122 e. The number of nitrogens with one attached hydrogen (secondary N) is 1. The quantitative estimate of drug-likeness (QED) is 0.634. The number of aryl methyl sites for hydroxylation is 1. The van der Waals surface area contributed by atoms with Crippen LogP contribution >= 0.6 is 0 Å². The molecule has 18 heavy (non-hydrogen) atoms. The highest BCUT2D eigenvalue weighted by molar-refractivity contribution is 5.95. The molecular weight excluding hydrogens is 222 g/mol. The van der Waals surface area contributed by atoms with Crippen molar-refractivity contribution in [1.29, 1.82) is 5.41 Å². The summed E-state index contributed by atoms with van der Waals surface area (Å²) in [4.78, 5) is 2.52. The second-order valence-corrected chi connectivity index (χ2v) is 5.70. The highest BCUT2D eigenvalue weighted by Gasteiger charge is 2.25. The average molecular weight is 245 g/mol. The molecule has 2 atom stereocenters. The van der Waals surface area contributed by atoms with E-state index >= 15 is 0 Å². The second kappa shape index (κ2) is 5.11. The first-order valence-corrected chi connectivity index (χ1v) is 6.63. The van der Waals surface area contributed by atoms with Gasteiger partial charge in [-0.3, -0.25) is 10.3 Å². The van der Waals surface area contributed by atoms with Crippen molar-refractivity contribution in [3.05, 3.63) is 34.9 Å². The highest BCUT2D eigenvalue weighted by atomic mass is 15.1. The maximum Gasteiger partial charge on any atom is 0.122 e. The molecule has 0 amide bonds. The van der Waals surface area contributed by atoms with Crippen molar-refractivity contribution in [3.63, 3.8) is 0 Å². The minimum atomic E-state index is 0.146. The van der Waals surface area contributed by atoms with Crippen molar-refractivity contribution < 1.29 is 0 Å². The van der Waals surface area contributed by atoms with Crippen LogP contribution in [0.3, 0.4) is 0 Å². The summed E-state index contributed by atoms with van der Waals surface area (Å²) in [6.45, 7) is 10.2. The van der Waals surface area contributed by atoms with Crippen molar-refractivity contribution in [2.45, 2.75) is 27.3 Å². The molecule has 0 saturated carbocycles. The van der Waals surface area contributed by atoms with Gasteiger partial charge in [0.05, 0.1) is 0 Å². The van der Waals surface area contributed by atoms with E-state index in [1.54, 1.807) is 0 Å². The molecule has 1 aliphatic rings. The molecule has 1 heterocycles. The number of nitrogens with zero attached hydrogens (tertiary/aromatic N) is 1. The maximum atomic E-state index is 7.45. The molecule has 0 radical (unpaired) electrons. The number of hydrogen-bond donors (Lipinski definition) is 2. The van der Waals surface area contributed by atoms with Crippen LogP contribution in [0.4, 0.5) is 0 Å². The van der Waals surface area contributed by atoms with E-state index in [-0.39, 0.29) is 5.84 Å². The molecule has 1 aromatic carbocycles. The van der Waals surface area contributed by atoms with E-state index in [2.05, 4.69) is 31.7 Å². The summed E-state index contributed by atoms with van der Waals surface area (Å²) >= 11 is 0. The lowest BCUT2D eigenvalue weighted by Crippen LogP contribution is -2.21. The van der Waals surface area contributed by atoms with Gasteiger partial charge in [0.2, 0.25) is 0 Å². The van der Waals surface area contributed by atoms with Gasteiger partial charge in [0.25, 0.3) is 0 Å². The molecule has 1 aromatic rings. The fourth-order valence-electron chi connectivity index (χ4n) is 2.66. The summed E-state index contributed by atoms with van der Waals surface area (Å²) in [5.41, 5.74) is 8.90. The van der Waals surface area contributed by atoms with Gasteiger partial charge in [-0.15, -0.1) is 0 Å². The summed E-state index contributed by atoms with van der Waals surface area (Å²) in [5, 5.41) is 7.45. The molecule has 98 valence electrons. The monoisotopic (exact) mass is 245 g/mol. The first kappa shape index (κ1) is 13.1. The molecule has 0 spiro atoms. The van der Waals surface area contributed by atoms with Gasteiger partial charge in [0, 0.05) is 25.2 Å². The van der Waals surface area contributed by atoms with Crippen LogP contribution in [0, 0.1) is 24.2 Å². The molecule has 1 aliphatic heterocycles. The predicted octanol–water partition coefficient (Wildman–Crippen LogP) is 2.37. The van der Waals surface area contributed by atoms with Crippen molar-refractivity contribution in [1.82, 2.24) is 4.90 Å². The van der Waals surface area contributed by atoms with E-state index < -0.39 is 0 Å². The van der Waals surface area contributed by atoms with Crippen LogP contribution in [0.5, 0.6) is 0 Å². The number of likely N-dealkylation sites (tertiary alicyclic amines) is 1. The van der Waals surface area contributed by atoms with Gasteiger partial charge in [0.1, 0.15) is 5.84 Å². The molecule has 2 rings (SSSR count). The van der Waals surface area contributed by atoms with Gasteiger partial charge >= 0.3 is 0 Å². The molecule has 1 fully saturated rings. The normalized spacial score (nSPS) is 24.4. The fourth-order valence-corrected chi connectivity index (χ4v) is 2.66. The van der Waals surface area contributed by atoms with Crippen LogP contribution in [0.2, 0.25) is 0 Å². The van der Waals surface area contributed by atoms with E-state index in [0.29, 0.717) is 0 Å². The van der Waals surface area contributed by atoms with Gasteiger partial charge in [-0.25, -0.2) is 0 Å². The Morgan fingerprint density at radius 2 is 1.94 bits per heavy atom. The zero-order valence-corrected chi connectivity index (χ0v) is 11.5.